The van der Waals surface area contributed by atoms with Gasteiger partial charge in [-0.1, -0.05) is 29.3 Å². The van der Waals surface area contributed by atoms with Gasteiger partial charge >= 0.3 is 0 Å². The lowest BCUT2D eigenvalue weighted by molar-refractivity contribution is 0.763. The van der Waals surface area contributed by atoms with Gasteiger partial charge in [-0.15, -0.1) is 11.3 Å². The van der Waals surface area contributed by atoms with Crippen LogP contribution in [0.5, 0.6) is 0 Å². The maximum atomic E-state index is 6.26. The summed E-state index contributed by atoms with van der Waals surface area (Å²) in [6.45, 7) is 0.420. The van der Waals surface area contributed by atoms with Gasteiger partial charge in [0.15, 0.2) is 23.2 Å². The van der Waals surface area contributed by atoms with E-state index in [1.807, 2.05) is 4.57 Å². The van der Waals surface area contributed by atoms with Crippen LogP contribution in [-0.2, 0) is 6.54 Å². The Morgan fingerprint density at radius 2 is 1.96 bits per heavy atom. The van der Waals surface area contributed by atoms with E-state index in [-0.39, 0.29) is 0 Å². The summed E-state index contributed by atoms with van der Waals surface area (Å²) in [7, 11) is 0. The van der Waals surface area contributed by atoms with Gasteiger partial charge < -0.3 is 10.3 Å². The van der Waals surface area contributed by atoms with Crippen molar-refractivity contribution in [2.75, 3.05) is 5.73 Å². The molecule has 3 heterocycles. The molecule has 0 saturated carbocycles. The second-order valence-electron chi connectivity index (χ2n) is 5.04. The maximum Gasteiger partial charge on any atom is 0.174 e. The molecule has 4 rings (SSSR count). The van der Waals surface area contributed by atoms with E-state index in [9.17, 15) is 0 Å². The Morgan fingerprint density at radius 1 is 1.17 bits per heavy atom. The van der Waals surface area contributed by atoms with Crippen LogP contribution in [0, 0.1) is 0 Å². The second-order valence-corrected chi connectivity index (χ2v) is 6.74. The molecule has 0 unspecified atom stereocenters. The summed E-state index contributed by atoms with van der Waals surface area (Å²) in [5.74, 6) is 1.53. The molecule has 2 aromatic rings. The van der Waals surface area contributed by atoms with E-state index in [1.165, 1.54) is 11.3 Å². The zero-order valence-electron chi connectivity index (χ0n) is 12.1. The molecule has 9 heteroatoms. The summed E-state index contributed by atoms with van der Waals surface area (Å²) in [5, 5.41) is 1.17. The van der Waals surface area contributed by atoms with Gasteiger partial charge in [0.2, 0.25) is 0 Å². The highest BCUT2D eigenvalue weighted by Crippen LogP contribution is 2.31. The molecule has 0 atom stereocenters. The molecule has 6 nitrogen and oxygen atoms in total. The smallest absolute Gasteiger partial charge is 0.174 e. The van der Waals surface area contributed by atoms with Crippen molar-refractivity contribution in [3.63, 3.8) is 0 Å². The summed E-state index contributed by atoms with van der Waals surface area (Å²) < 4.78 is 1.83. The first-order chi connectivity index (χ1) is 11.6. The fraction of sp³-hybridized carbons (Fsp3) is 0.0667. The lowest BCUT2D eigenvalue weighted by atomic mass is 10.2. The standard InChI is InChI=1S/C15H10Cl2N6S/c16-9-2-1-3-10(17)8(9)5-23-6-20-13(18)12-15(23)22-14(21-12)11-4-19-7-24-11/h1-4,6-7H,5,18H2. The van der Waals surface area contributed by atoms with Crippen molar-refractivity contribution in [2.24, 2.45) is 0 Å². The van der Waals surface area contributed by atoms with Crippen molar-refractivity contribution in [2.45, 2.75) is 6.54 Å². The third kappa shape index (κ3) is 2.60. The molecular weight excluding hydrogens is 367 g/mol. The second kappa shape index (κ2) is 6.01. The predicted molar refractivity (Wildman–Crippen MR) is 95.5 cm³/mol. The Hall–Kier alpha value is -2.22. The monoisotopic (exact) mass is 376 g/mol. The number of benzene rings is 1. The molecule has 1 aromatic heterocycles. The highest BCUT2D eigenvalue weighted by atomic mass is 35.5. The quantitative estimate of drug-likeness (QED) is 0.587. The number of anilines is 1. The number of nitrogens with zero attached hydrogens (tertiary/aromatic N) is 5. The maximum absolute atomic E-state index is 6.26. The van der Waals surface area contributed by atoms with Gasteiger partial charge in [-0.2, -0.15) is 0 Å². The SMILES string of the molecule is Nc1ncn(Cc2c(Cl)cccc2Cl)c2nc(-c3cncs3)nc1-2. The van der Waals surface area contributed by atoms with Crippen LogP contribution < -0.4 is 5.73 Å². The number of hydrogen-bond donors (Lipinski definition) is 1. The van der Waals surface area contributed by atoms with Gasteiger partial charge in [-0.25, -0.2) is 15.0 Å². The first-order valence-corrected chi connectivity index (χ1v) is 8.57. The highest BCUT2D eigenvalue weighted by molar-refractivity contribution is 7.13. The fourth-order valence-corrected chi connectivity index (χ4v) is 3.43. The topological polar surface area (TPSA) is 82.5 Å². The molecule has 0 aliphatic carbocycles. The van der Waals surface area contributed by atoms with Crippen LogP contribution in [0.1, 0.15) is 5.56 Å². The van der Waals surface area contributed by atoms with Crippen molar-refractivity contribution >= 4 is 40.4 Å². The molecule has 0 fully saturated rings. The lowest BCUT2D eigenvalue weighted by Gasteiger charge is -2.13. The van der Waals surface area contributed by atoms with Crippen LogP contribution in [0.2, 0.25) is 10.0 Å². The Kier molecular flexibility index (Phi) is 3.84. The number of rotatable bonds is 3. The van der Waals surface area contributed by atoms with Crippen molar-refractivity contribution in [3.05, 3.63) is 51.8 Å². The van der Waals surface area contributed by atoms with E-state index in [0.717, 1.165) is 10.4 Å². The van der Waals surface area contributed by atoms with E-state index >= 15 is 0 Å². The summed E-state index contributed by atoms with van der Waals surface area (Å²) in [6, 6.07) is 5.40. The molecule has 0 saturated heterocycles. The van der Waals surface area contributed by atoms with Crippen LogP contribution in [-0.4, -0.2) is 24.5 Å². The van der Waals surface area contributed by atoms with E-state index in [0.29, 0.717) is 39.8 Å². The largest absolute Gasteiger partial charge is 0.382 e. The number of thiazole rings is 1. The third-order valence-electron chi connectivity index (χ3n) is 3.54. The van der Waals surface area contributed by atoms with Gasteiger partial charge in [0, 0.05) is 21.8 Å². The first kappa shape index (κ1) is 15.3. The molecule has 2 aliphatic heterocycles. The molecule has 2 N–H and O–H groups in total. The van der Waals surface area contributed by atoms with E-state index < -0.39 is 0 Å². The Balaban J connectivity index is 1.83. The molecule has 1 aromatic carbocycles. The van der Waals surface area contributed by atoms with Crippen LogP contribution in [0.25, 0.3) is 22.2 Å². The van der Waals surface area contributed by atoms with Crippen LogP contribution in [0.3, 0.4) is 0 Å². The molecule has 0 bridgehead atoms. The minimum absolute atomic E-state index is 0.328. The summed E-state index contributed by atoms with van der Waals surface area (Å²) in [4.78, 5) is 18.2. The molecular formula is C15H10Cl2N6S. The first-order valence-electron chi connectivity index (χ1n) is 6.93. The Bertz CT molecular complexity index is 962. The van der Waals surface area contributed by atoms with Gasteiger partial charge in [0.25, 0.3) is 0 Å². The average molecular weight is 377 g/mol. The van der Waals surface area contributed by atoms with Crippen molar-refractivity contribution in [1.82, 2.24) is 24.5 Å². The molecule has 24 heavy (non-hydrogen) atoms. The van der Waals surface area contributed by atoms with Crippen molar-refractivity contribution in [1.29, 1.82) is 0 Å². The summed E-state index contributed by atoms with van der Waals surface area (Å²) >= 11 is 14.0. The summed E-state index contributed by atoms with van der Waals surface area (Å²) in [6.07, 6.45) is 3.33. The lowest BCUT2D eigenvalue weighted by Crippen LogP contribution is -2.09. The van der Waals surface area contributed by atoms with Crippen LogP contribution >= 0.6 is 34.5 Å². The fourth-order valence-electron chi connectivity index (χ4n) is 2.36. The Labute approximate surface area is 151 Å². The number of imidazole rings is 1. The number of nitrogen functional groups attached to an aromatic ring is 1. The number of fused-ring (bicyclic) bond motifs is 1. The summed E-state index contributed by atoms with van der Waals surface area (Å²) in [5.41, 5.74) is 9.02. The zero-order valence-corrected chi connectivity index (χ0v) is 14.5. The van der Waals surface area contributed by atoms with Crippen molar-refractivity contribution in [3.8, 4) is 22.2 Å². The average Bonchev–Trinajstić information content (AvgIpc) is 3.22. The van der Waals surface area contributed by atoms with Gasteiger partial charge in [-0.05, 0) is 12.1 Å². The van der Waals surface area contributed by atoms with E-state index in [2.05, 4.69) is 19.9 Å². The van der Waals surface area contributed by atoms with E-state index in [4.69, 9.17) is 28.9 Å². The number of aromatic nitrogens is 5. The highest BCUT2D eigenvalue weighted by Gasteiger charge is 2.21. The molecule has 120 valence electrons. The van der Waals surface area contributed by atoms with Crippen LogP contribution in [0.4, 0.5) is 5.82 Å². The van der Waals surface area contributed by atoms with Crippen molar-refractivity contribution < 1.29 is 0 Å². The number of halogens is 2. The molecule has 2 aliphatic rings. The van der Waals surface area contributed by atoms with Gasteiger partial charge in [-0.3, -0.25) is 4.98 Å². The third-order valence-corrected chi connectivity index (χ3v) is 5.01. The van der Waals surface area contributed by atoms with Gasteiger partial charge in [0.1, 0.15) is 0 Å². The van der Waals surface area contributed by atoms with Gasteiger partial charge in [0.05, 0.1) is 23.3 Å². The zero-order chi connectivity index (χ0) is 16.7. The van der Waals surface area contributed by atoms with Crippen LogP contribution in [0.15, 0.2) is 36.2 Å². The molecule has 0 amide bonds. The normalized spacial score (nSPS) is 11.2. The number of hydrogen-bond acceptors (Lipinski definition) is 6. The number of nitrogens with two attached hydrogens (primary N) is 1. The minimum atomic E-state index is 0.328. The van der Waals surface area contributed by atoms with E-state index in [1.54, 1.807) is 36.2 Å². The molecule has 0 radical (unpaired) electrons. The molecule has 0 spiro atoms. The Morgan fingerprint density at radius 3 is 2.67 bits per heavy atom. The predicted octanol–water partition coefficient (Wildman–Crippen LogP) is 3.84. The minimum Gasteiger partial charge on any atom is -0.382 e.